The molecule has 37 heavy (non-hydrogen) atoms. The van der Waals surface area contributed by atoms with E-state index >= 15 is 0 Å². The molecule has 0 aromatic heterocycles. The van der Waals surface area contributed by atoms with Gasteiger partial charge in [0.15, 0.2) is 0 Å². The van der Waals surface area contributed by atoms with E-state index in [0.29, 0.717) is 44.5 Å². The van der Waals surface area contributed by atoms with Crippen molar-refractivity contribution in [2.24, 2.45) is 10.9 Å². The Hall–Kier alpha value is -2.61. The summed E-state index contributed by atoms with van der Waals surface area (Å²) in [6, 6.07) is 6.19. The Kier molecular flexibility index (Phi) is 10.2. The van der Waals surface area contributed by atoms with Crippen molar-refractivity contribution >= 4 is 23.5 Å². The Morgan fingerprint density at radius 3 is 2.78 bits per heavy atom. The Balaban J connectivity index is 1.16. The summed E-state index contributed by atoms with van der Waals surface area (Å²) in [6.07, 6.45) is 12.8. The fourth-order valence-electron chi connectivity index (χ4n) is 6.04. The molecule has 2 heterocycles. The lowest BCUT2D eigenvalue weighted by Gasteiger charge is -2.39. The number of ether oxygens (including phenoxy) is 1. The number of carbonyl (C=O) groups excluding carboxylic acids is 2. The van der Waals surface area contributed by atoms with Crippen LogP contribution in [0.2, 0.25) is 0 Å². The molecule has 3 aliphatic rings. The summed E-state index contributed by atoms with van der Waals surface area (Å²) < 4.78 is 5.98. The van der Waals surface area contributed by atoms with Crippen LogP contribution >= 0.6 is 0 Å². The molecule has 2 aliphatic heterocycles. The van der Waals surface area contributed by atoms with Gasteiger partial charge in [-0.05, 0) is 56.2 Å². The van der Waals surface area contributed by atoms with Gasteiger partial charge in [0, 0.05) is 31.1 Å². The highest BCUT2D eigenvalue weighted by molar-refractivity contribution is 6.05. The molecule has 1 saturated heterocycles. The van der Waals surface area contributed by atoms with Gasteiger partial charge in [-0.3, -0.25) is 14.9 Å². The zero-order valence-electron chi connectivity index (χ0n) is 22.4. The van der Waals surface area contributed by atoms with Gasteiger partial charge in [0.2, 0.25) is 17.8 Å². The molecule has 1 saturated carbocycles. The molecule has 2 amide bonds. The summed E-state index contributed by atoms with van der Waals surface area (Å²) >= 11 is 0. The summed E-state index contributed by atoms with van der Waals surface area (Å²) in [7, 11) is 0. The van der Waals surface area contributed by atoms with Crippen LogP contribution in [0.1, 0.15) is 89.5 Å². The molecule has 8 nitrogen and oxygen atoms in total. The van der Waals surface area contributed by atoms with Crippen LogP contribution in [0.4, 0.5) is 5.69 Å². The van der Waals surface area contributed by atoms with Crippen LogP contribution in [0, 0.1) is 5.92 Å². The van der Waals surface area contributed by atoms with E-state index in [0.717, 1.165) is 55.5 Å². The molecule has 1 aromatic rings. The van der Waals surface area contributed by atoms with E-state index in [1.807, 2.05) is 28.0 Å². The number of amides is 2. The van der Waals surface area contributed by atoms with E-state index < -0.39 is 0 Å². The third-order valence-corrected chi connectivity index (χ3v) is 7.92. The van der Waals surface area contributed by atoms with Gasteiger partial charge in [0.1, 0.15) is 12.3 Å². The number of nitrogens with zero attached hydrogens (tertiary/aromatic N) is 3. The van der Waals surface area contributed by atoms with Gasteiger partial charge >= 0.3 is 0 Å². The molecule has 2 N–H and O–H groups in total. The number of nitrogens with one attached hydrogen (secondary N) is 1. The molecule has 8 heteroatoms. The maximum Gasteiger partial charge on any atom is 0.246 e. The van der Waals surface area contributed by atoms with Gasteiger partial charge in [0.05, 0.1) is 18.9 Å². The predicted octanol–water partition coefficient (Wildman–Crippen LogP) is 4.52. The second-order valence-electron chi connectivity index (χ2n) is 10.7. The first-order valence-electron chi connectivity index (χ1n) is 14.4. The summed E-state index contributed by atoms with van der Waals surface area (Å²) in [6.45, 7) is 4.35. The summed E-state index contributed by atoms with van der Waals surface area (Å²) in [5, 5.41) is 12.4. The molecule has 204 valence electrons. The zero-order chi connectivity index (χ0) is 26.0. The fraction of sp³-hybridized carbons (Fsp3) is 0.690. The highest BCUT2D eigenvalue weighted by atomic mass is 16.5. The van der Waals surface area contributed by atoms with E-state index in [-0.39, 0.29) is 24.5 Å². The quantitative estimate of drug-likeness (QED) is 0.358. The second-order valence-corrected chi connectivity index (χ2v) is 10.7. The minimum Gasteiger partial charge on any atom is -0.494 e. The molecule has 0 radical (unpaired) electrons. The van der Waals surface area contributed by atoms with Crippen LogP contribution in [0.15, 0.2) is 23.2 Å². The minimum absolute atomic E-state index is 0.0177. The molecular formula is C29H44N4O4. The average molecular weight is 513 g/mol. The molecular weight excluding hydrogens is 468 g/mol. The number of guanidine groups is 1. The van der Waals surface area contributed by atoms with Crippen molar-refractivity contribution in [1.82, 2.24) is 15.1 Å². The lowest BCUT2D eigenvalue weighted by Crippen LogP contribution is -2.46. The maximum absolute atomic E-state index is 13.1. The first-order chi connectivity index (χ1) is 18.1. The topological polar surface area (TPSA) is 94.5 Å². The van der Waals surface area contributed by atoms with Crippen LogP contribution in [0.5, 0.6) is 5.75 Å². The molecule has 1 aliphatic carbocycles. The van der Waals surface area contributed by atoms with E-state index in [1.165, 1.54) is 32.1 Å². The number of aliphatic hydroxyl groups is 1. The van der Waals surface area contributed by atoms with Gasteiger partial charge in [-0.2, -0.15) is 0 Å². The van der Waals surface area contributed by atoms with Gasteiger partial charge < -0.3 is 19.6 Å². The van der Waals surface area contributed by atoms with Gasteiger partial charge in [-0.1, -0.05) is 45.4 Å². The number of benzene rings is 1. The number of aliphatic imine (C=N–C) groups is 1. The number of hydrogen-bond acceptors (Lipinski definition) is 6. The summed E-state index contributed by atoms with van der Waals surface area (Å²) in [4.78, 5) is 33.2. The Labute approximate surface area is 221 Å². The van der Waals surface area contributed by atoms with Crippen molar-refractivity contribution in [1.29, 1.82) is 0 Å². The van der Waals surface area contributed by atoms with Crippen molar-refractivity contribution in [3.8, 4) is 5.75 Å². The van der Waals surface area contributed by atoms with Crippen LogP contribution in [-0.4, -0.2) is 65.0 Å². The first kappa shape index (κ1) is 27.4. The monoisotopic (exact) mass is 512 g/mol. The van der Waals surface area contributed by atoms with Crippen molar-refractivity contribution in [3.63, 3.8) is 0 Å². The van der Waals surface area contributed by atoms with E-state index in [4.69, 9.17) is 4.74 Å². The largest absolute Gasteiger partial charge is 0.494 e. The Morgan fingerprint density at radius 2 is 2.00 bits per heavy atom. The summed E-state index contributed by atoms with van der Waals surface area (Å²) in [5.74, 6) is 2.25. The molecule has 4 rings (SSSR count). The highest BCUT2D eigenvalue weighted by Crippen LogP contribution is 2.32. The van der Waals surface area contributed by atoms with Crippen LogP contribution in [0.25, 0.3) is 0 Å². The van der Waals surface area contributed by atoms with Crippen LogP contribution < -0.4 is 10.1 Å². The zero-order valence-corrected chi connectivity index (χ0v) is 22.4. The summed E-state index contributed by atoms with van der Waals surface area (Å²) in [5.41, 5.74) is 1.95. The Bertz CT molecular complexity index is 944. The third kappa shape index (κ3) is 7.46. The van der Waals surface area contributed by atoms with Gasteiger partial charge in [-0.15, -0.1) is 0 Å². The Morgan fingerprint density at radius 1 is 1.19 bits per heavy atom. The smallest absolute Gasteiger partial charge is 0.246 e. The third-order valence-electron chi connectivity index (χ3n) is 7.92. The fourth-order valence-corrected chi connectivity index (χ4v) is 6.04. The average Bonchev–Trinajstić information content (AvgIpc) is 3.27. The first-order valence-corrected chi connectivity index (χ1v) is 14.4. The number of hydrogen-bond donors (Lipinski definition) is 2. The van der Waals surface area contributed by atoms with Crippen molar-refractivity contribution in [2.75, 3.05) is 26.3 Å². The maximum atomic E-state index is 13.1. The predicted molar refractivity (Wildman–Crippen MR) is 145 cm³/mol. The highest BCUT2D eigenvalue weighted by Gasteiger charge is 2.31. The van der Waals surface area contributed by atoms with Crippen LogP contribution in [0.3, 0.4) is 0 Å². The number of rotatable bonds is 14. The van der Waals surface area contributed by atoms with Crippen molar-refractivity contribution in [3.05, 3.63) is 23.8 Å². The molecule has 1 atom stereocenters. The van der Waals surface area contributed by atoms with Gasteiger partial charge in [0.25, 0.3) is 0 Å². The van der Waals surface area contributed by atoms with E-state index in [2.05, 4.69) is 17.2 Å². The SMILES string of the molecule is CCCC(C1CCCCC1)N(CCO)C(=O)CCCCCCOc1ccc2c(c1)CN1CC(=O)NC1=N2. The second kappa shape index (κ2) is 13.8. The number of aliphatic hydroxyl groups excluding tert-OH is 1. The molecule has 1 aromatic carbocycles. The molecule has 1 unspecified atom stereocenters. The minimum atomic E-state index is -0.0177. The van der Waals surface area contributed by atoms with E-state index in [9.17, 15) is 14.7 Å². The van der Waals surface area contributed by atoms with E-state index in [1.54, 1.807) is 0 Å². The lowest BCUT2D eigenvalue weighted by atomic mass is 9.81. The van der Waals surface area contributed by atoms with Crippen LogP contribution in [-0.2, 0) is 16.1 Å². The lowest BCUT2D eigenvalue weighted by molar-refractivity contribution is -0.136. The number of carbonyl (C=O) groups is 2. The van der Waals surface area contributed by atoms with Gasteiger partial charge in [-0.25, -0.2) is 4.99 Å². The molecule has 0 spiro atoms. The number of unbranched alkanes of at least 4 members (excludes halogenated alkanes) is 3. The molecule has 0 bridgehead atoms. The standard InChI is InChI=1S/C29H44N4O4/c1-2-10-26(22-11-6-5-7-12-22)33(16-17-34)28(36)13-8-3-4-9-18-37-24-14-15-25-23(19-24)20-32-21-27(35)31-29(32)30-25/h14-15,19,22,26,34H,2-13,16-18,20-21H2,1H3,(H,30,31,35). The van der Waals surface area contributed by atoms with Crippen molar-refractivity contribution in [2.45, 2.75) is 96.6 Å². The number of fused-ring (bicyclic) bond motifs is 2. The molecule has 2 fully saturated rings. The normalized spacial score (nSPS) is 18.1. The van der Waals surface area contributed by atoms with Crippen molar-refractivity contribution < 1.29 is 19.4 Å².